The average Bonchev–Trinajstić information content (AvgIpc) is 3.00. The Labute approximate surface area is 128 Å². The van der Waals surface area contributed by atoms with Gasteiger partial charge in [0.15, 0.2) is 11.5 Å². The summed E-state index contributed by atoms with van der Waals surface area (Å²) >= 11 is 0. The van der Waals surface area contributed by atoms with E-state index in [0.717, 1.165) is 17.1 Å². The maximum atomic E-state index is 5.37. The highest BCUT2D eigenvalue weighted by Gasteiger charge is 2.13. The quantitative estimate of drug-likeness (QED) is 0.855. The minimum absolute atomic E-state index is 0.275. The van der Waals surface area contributed by atoms with Crippen LogP contribution in [0.4, 0.5) is 17.8 Å². The lowest BCUT2D eigenvalue weighted by molar-refractivity contribution is 0.174. The van der Waals surface area contributed by atoms with Crippen LogP contribution in [0.1, 0.15) is 5.56 Å². The summed E-state index contributed by atoms with van der Waals surface area (Å²) in [6.07, 6.45) is 0. The first-order chi connectivity index (χ1) is 10.7. The van der Waals surface area contributed by atoms with Crippen molar-refractivity contribution in [1.29, 1.82) is 0 Å². The standard InChI is InChI=1S/C14H18N6O2/c1-15-12-17-13(19-14(18-12)20(2)3)16-7-9-4-5-10-11(6-9)22-8-21-10/h4-6H,7-8H2,1-3H3,(H2,15,16,17,18,19). The number of hydrogen-bond acceptors (Lipinski definition) is 8. The maximum Gasteiger partial charge on any atom is 0.231 e. The summed E-state index contributed by atoms with van der Waals surface area (Å²) in [5.41, 5.74) is 1.06. The average molecular weight is 302 g/mol. The van der Waals surface area contributed by atoms with Crippen LogP contribution in [0.3, 0.4) is 0 Å². The highest BCUT2D eigenvalue weighted by molar-refractivity contribution is 5.46. The molecule has 0 spiro atoms. The third-order valence-corrected chi connectivity index (χ3v) is 3.13. The van der Waals surface area contributed by atoms with Gasteiger partial charge in [0, 0.05) is 27.7 Å². The molecule has 8 heteroatoms. The highest BCUT2D eigenvalue weighted by atomic mass is 16.7. The van der Waals surface area contributed by atoms with Gasteiger partial charge < -0.3 is 25.0 Å². The predicted molar refractivity (Wildman–Crippen MR) is 83.6 cm³/mol. The molecule has 0 aliphatic carbocycles. The van der Waals surface area contributed by atoms with Crippen LogP contribution in [0.5, 0.6) is 11.5 Å². The summed E-state index contributed by atoms with van der Waals surface area (Å²) in [7, 11) is 5.54. The molecule has 2 heterocycles. The summed E-state index contributed by atoms with van der Waals surface area (Å²) < 4.78 is 10.7. The highest BCUT2D eigenvalue weighted by Crippen LogP contribution is 2.32. The van der Waals surface area contributed by atoms with Crippen LogP contribution in [-0.2, 0) is 6.54 Å². The Hall–Kier alpha value is -2.77. The number of hydrogen-bond donors (Lipinski definition) is 2. The Kier molecular flexibility index (Phi) is 3.82. The zero-order valence-electron chi connectivity index (χ0n) is 12.8. The van der Waals surface area contributed by atoms with Gasteiger partial charge in [0.2, 0.25) is 24.6 Å². The lowest BCUT2D eigenvalue weighted by Gasteiger charge is -2.13. The molecule has 8 nitrogen and oxygen atoms in total. The van der Waals surface area contributed by atoms with Gasteiger partial charge in [-0.3, -0.25) is 0 Å². The van der Waals surface area contributed by atoms with E-state index in [1.54, 1.807) is 7.05 Å². The van der Waals surface area contributed by atoms with Crippen molar-refractivity contribution in [3.8, 4) is 11.5 Å². The maximum absolute atomic E-state index is 5.37. The number of fused-ring (bicyclic) bond motifs is 1. The van der Waals surface area contributed by atoms with Crippen LogP contribution in [-0.4, -0.2) is 42.9 Å². The van der Waals surface area contributed by atoms with Crippen molar-refractivity contribution in [2.75, 3.05) is 43.5 Å². The fourth-order valence-corrected chi connectivity index (χ4v) is 1.99. The smallest absolute Gasteiger partial charge is 0.231 e. The molecule has 0 radical (unpaired) electrons. The fraction of sp³-hybridized carbons (Fsp3) is 0.357. The first-order valence-electron chi connectivity index (χ1n) is 6.89. The topological polar surface area (TPSA) is 84.4 Å². The van der Waals surface area contributed by atoms with Crippen molar-refractivity contribution in [3.05, 3.63) is 23.8 Å². The third-order valence-electron chi connectivity index (χ3n) is 3.13. The lowest BCUT2D eigenvalue weighted by atomic mass is 10.2. The van der Waals surface area contributed by atoms with Gasteiger partial charge in [-0.15, -0.1) is 0 Å². The van der Waals surface area contributed by atoms with Gasteiger partial charge in [-0.25, -0.2) is 0 Å². The molecule has 0 saturated carbocycles. The van der Waals surface area contributed by atoms with Crippen LogP contribution >= 0.6 is 0 Å². The largest absolute Gasteiger partial charge is 0.454 e. The van der Waals surface area contributed by atoms with Crippen LogP contribution in [0, 0.1) is 0 Å². The Morgan fingerprint density at radius 1 is 1.09 bits per heavy atom. The van der Waals surface area contributed by atoms with Gasteiger partial charge in [-0.2, -0.15) is 15.0 Å². The lowest BCUT2D eigenvalue weighted by Crippen LogP contribution is -2.16. The molecule has 0 atom stereocenters. The molecule has 0 unspecified atom stereocenters. The fourth-order valence-electron chi connectivity index (χ4n) is 1.99. The Bertz CT molecular complexity index is 676. The molecule has 1 aromatic carbocycles. The number of rotatable bonds is 5. The second-order valence-corrected chi connectivity index (χ2v) is 4.97. The van der Waals surface area contributed by atoms with E-state index in [1.807, 2.05) is 37.2 Å². The first kappa shape index (κ1) is 14.2. The number of anilines is 3. The second-order valence-electron chi connectivity index (χ2n) is 4.97. The third kappa shape index (κ3) is 2.95. The zero-order valence-corrected chi connectivity index (χ0v) is 12.8. The van der Waals surface area contributed by atoms with Crippen molar-refractivity contribution < 1.29 is 9.47 Å². The van der Waals surface area contributed by atoms with Gasteiger partial charge in [0.1, 0.15) is 0 Å². The summed E-state index contributed by atoms with van der Waals surface area (Å²) in [6, 6.07) is 5.83. The van der Waals surface area contributed by atoms with Crippen LogP contribution in [0.25, 0.3) is 0 Å². The second kappa shape index (κ2) is 5.92. The first-order valence-corrected chi connectivity index (χ1v) is 6.89. The van der Waals surface area contributed by atoms with E-state index < -0.39 is 0 Å². The molecule has 3 rings (SSSR count). The summed E-state index contributed by atoms with van der Waals surface area (Å²) in [6.45, 7) is 0.855. The number of nitrogens with zero attached hydrogens (tertiary/aromatic N) is 4. The molecule has 0 amide bonds. The van der Waals surface area contributed by atoms with Crippen molar-refractivity contribution in [3.63, 3.8) is 0 Å². The summed E-state index contributed by atoms with van der Waals surface area (Å²) in [5.74, 6) is 3.16. The molecule has 0 bridgehead atoms. The Morgan fingerprint density at radius 2 is 1.86 bits per heavy atom. The van der Waals surface area contributed by atoms with E-state index in [-0.39, 0.29) is 6.79 Å². The molecule has 2 aromatic rings. The number of ether oxygens (including phenoxy) is 2. The van der Waals surface area contributed by atoms with E-state index in [4.69, 9.17) is 9.47 Å². The van der Waals surface area contributed by atoms with E-state index in [9.17, 15) is 0 Å². The predicted octanol–water partition coefficient (Wildman–Crippen LogP) is 1.32. The molecule has 22 heavy (non-hydrogen) atoms. The molecule has 1 aromatic heterocycles. The van der Waals surface area contributed by atoms with Gasteiger partial charge in [-0.05, 0) is 17.7 Å². The number of nitrogens with one attached hydrogen (secondary N) is 2. The molecular formula is C14H18N6O2. The van der Waals surface area contributed by atoms with Crippen molar-refractivity contribution >= 4 is 17.8 Å². The minimum atomic E-state index is 0.275. The van der Waals surface area contributed by atoms with E-state index in [2.05, 4.69) is 25.6 Å². The van der Waals surface area contributed by atoms with E-state index in [0.29, 0.717) is 24.4 Å². The molecular weight excluding hydrogens is 284 g/mol. The number of benzene rings is 1. The minimum Gasteiger partial charge on any atom is -0.454 e. The van der Waals surface area contributed by atoms with Crippen molar-refractivity contribution in [2.24, 2.45) is 0 Å². The van der Waals surface area contributed by atoms with Gasteiger partial charge in [-0.1, -0.05) is 6.07 Å². The molecule has 0 fully saturated rings. The van der Waals surface area contributed by atoms with Crippen LogP contribution in [0.2, 0.25) is 0 Å². The number of aromatic nitrogens is 3. The monoisotopic (exact) mass is 302 g/mol. The zero-order chi connectivity index (χ0) is 15.5. The Morgan fingerprint density at radius 3 is 2.64 bits per heavy atom. The van der Waals surface area contributed by atoms with Gasteiger partial charge in [0.05, 0.1) is 0 Å². The van der Waals surface area contributed by atoms with Crippen molar-refractivity contribution in [1.82, 2.24) is 15.0 Å². The van der Waals surface area contributed by atoms with Crippen molar-refractivity contribution in [2.45, 2.75) is 6.54 Å². The van der Waals surface area contributed by atoms with E-state index >= 15 is 0 Å². The van der Waals surface area contributed by atoms with E-state index in [1.165, 1.54) is 0 Å². The summed E-state index contributed by atoms with van der Waals surface area (Å²) in [4.78, 5) is 14.8. The Balaban J connectivity index is 1.74. The van der Waals surface area contributed by atoms with Gasteiger partial charge in [0.25, 0.3) is 0 Å². The van der Waals surface area contributed by atoms with Crippen LogP contribution in [0.15, 0.2) is 18.2 Å². The molecule has 1 aliphatic heterocycles. The normalized spacial score (nSPS) is 12.1. The SMILES string of the molecule is CNc1nc(NCc2ccc3c(c2)OCO3)nc(N(C)C)n1. The molecule has 2 N–H and O–H groups in total. The molecule has 0 saturated heterocycles. The summed E-state index contributed by atoms with van der Waals surface area (Å²) in [5, 5.41) is 6.13. The van der Waals surface area contributed by atoms with Crippen LogP contribution < -0.4 is 25.0 Å². The molecule has 1 aliphatic rings. The van der Waals surface area contributed by atoms with Gasteiger partial charge >= 0.3 is 0 Å². The molecule has 116 valence electrons.